The molecule has 0 saturated heterocycles. The molecule has 0 fully saturated rings. The smallest absolute Gasteiger partial charge is 0.339 e. The number of amides is 1. The molecule has 0 aliphatic carbocycles. The molecule has 4 N–H and O–H groups in total. The number of carbonyl (C=O) groups excluding carboxylic acids is 2. The third kappa shape index (κ3) is 5.39. The van der Waals surface area contributed by atoms with Gasteiger partial charge >= 0.3 is 5.97 Å². The minimum atomic E-state index is -0.630. The second kappa shape index (κ2) is 10.8. The fourth-order valence-electron chi connectivity index (χ4n) is 4.85. The number of aromatic amines is 2. The lowest BCUT2D eigenvalue weighted by atomic mass is 9.94. The molecule has 0 saturated carbocycles. The third-order valence-corrected chi connectivity index (χ3v) is 7.26. The standard InChI is InChI=1S/C33H27N7O3/c1-33(2,34-3)22-9-5-7-19(13-22)29-38-30(40-39-29)20-8-6-10-23(14-20)36-24-11-12-26-27(31(41)37-28(26)17-24)16-25-15-21(18-35-25)32(42)43-4/h5-18,35-36H,1-2,4H3,(H,37,41)(H,38,39,40)/b27-16-. The van der Waals surface area contributed by atoms with E-state index in [-0.39, 0.29) is 5.91 Å². The number of fused-ring (bicyclic) bond motifs is 1. The highest BCUT2D eigenvalue weighted by Gasteiger charge is 2.27. The number of esters is 1. The van der Waals surface area contributed by atoms with Gasteiger partial charge in [-0.15, -0.1) is 10.2 Å². The van der Waals surface area contributed by atoms with Crippen LogP contribution in [-0.4, -0.2) is 39.2 Å². The maximum absolute atomic E-state index is 12.8. The maximum Gasteiger partial charge on any atom is 0.339 e. The molecule has 10 heteroatoms. The third-order valence-electron chi connectivity index (χ3n) is 7.26. The zero-order valence-corrected chi connectivity index (χ0v) is 23.6. The Balaban J connectivity index is 1.21. The number of nitrogens with one attached hydrogen (secondary N) is 4. The summed E-state index contributed by atoms with van der Waals surface area (Å²) < 4.78 is 4.75. The van der Waals surface area contributed by atoms with Crippen LogP contribution in [0.15, 0.2) is 79.0 Å². The Hall–Kier alpha value is -5.95. The van der Waals surface area contributed by atoms with E-state index in [0.717, 1.165) is 33.6 Å². The molecule has 5 aromatic rings. The van der Waals surface area contributed by atoms with Gasteiger partial charge in [-0.1, -0.05) is 36.4 Å². The maximum atomic E-state index is 12.8. The molecule has 3 aromatic carbocycles. The number of aromatic nitrogens is 4. The predicted molar refractivity (Wildman–Crippen MR) is 165 cm³/mol. The molecule has 1 amide bonds. The van der Waals surface area contributed by atoms with Crippen molar-refractivity contribution in [1.29, 1.82) is 0 Å². The van der Waals surface area contributed by atoms with Gasteiger partial charge < -0.3 is 30.2 Å². The Bertz CT molecular complexity index is 1960. The first-order chi connectivity index (χ1) is 20.7. The molecule has 0 radical (unpaired) electrons. The Morgan fingerprint density at radius 1 is 0.977 bits per heavy atom. The molecule has 0 spiro atoms. The Labute approximate surface area is 247 Å². The fourth-order valence-corrected chi connectivity index (χ4v) is 4.85. The van der Waals surface area contributed by atoms with Crippen LogP contribution in [0.25, 0.3) is 39.3 Å². The van der Waals surface area contributed by atoms with Crippen molar-refractivity contribution >= 4 is 40.6 Å². The van der Waals surface area contributed by atoms with Crippen molar-refractivity contribution in [3.8, 4) is 22.8 Å². The molecule has 2 aromatic heterocycles. The van der Waals surface area contributed by atoms with Gasteiger partial charge in [-0.2, -0.15) is 0 Å². The number of carbonyl (C=O) groups is 2. The van der Waals surface area contributed by atoms with Crippen LogP contribution in [0.4, 0.5) is 17.1 Å². The lowest BCUT2D eigenvalue weighted by Gasteiger charge is -2.12. The lowest BCUT2D eigenvalue weighted by Crippen LogP contribution is -2.10. The van der Waals surface area contributed by atoms with E-state index < -0.39 is 11.5 Å². The van der Waals surface area contributed by atoms with Crippen molar-refractivity contribution in [3.05, 3.63) is 113 Å². The lowest BCUT2D eigenvalue weighted by molar-refractivity contribution is -0.110. The van der Waals surface area contributed by atoms with E-state index in [4.69, 9.17) is 11.3 Å². The van der Waals surface area contributed by atoms with Crippen molar-refractivity contribution in [2.75, 3.05) is 17.7 Å². The molecule has 6 rings (SSSR count). The molecule has 0 bridgehead atoms. The van der Waals surface area contributed by atoms with Crippen LogP contribution in [0.1, 0.15) is 41.0 Å². The Kier molecular flexibility index (Phi) is 6.84. The van der Waals surface area contributed by atoms with E-state index in [1.54, 1.807) is 18.3 Å². The van der Waals surface area contributed by atoms with E-state index >= 15 is 0 Å². The first-order valence-electron chi connectivity index (χ1n) is 13.5. The summed E-state index contributed by atoms with van der Waals surface area (Å²) in [6.45, 7) is 11.3. The normalized spacial score (nSPS) is 13.3. The minimum Gasteiger partial charge on any atom is -0.465 e. The fraction of sp³-hybridized carbons (Fsp3) is 0.121. The van der Waals surface area contributed by atoms with E-state index in [1.807, 2.05) is 80.6 Å². The van der Waals surface area contributed by atoms with Crippen LogP contribution in [0.5, 0.6) is 0 Å². The molecular weight excluding hydrogens is 542 g/mol. The second-order valence-electron chi connectivity index (χ2n) is 10.6. The molecule has 43 heavy (non-hydrogen) atoms. The zero-order valence-electron chi connectivity index (χ0n) is 23.6. The van der Waals surface area contributed by atoms with Gasteiger partial charge in [-0.05, 0) is 42.5 Å². The van der Waals surface area contributed by atoms with Gasteiger partial charge in [0.2, 0.25) is 0 Å². The van der Waals surface area contributed by atoms with Crippen molar-refractivity contribution in [2.45, 2.75) is 19.4 Å². The van der Waals surface area contributed by atoms with Gasteiger partial charge in [-0.3, -0.25) is 4.79 Å². The highest BCUT2D eigenvalue weighted by Crippen LogP contribution is 2.36. The molecule has 0 atom stereocenters. The van der Waals surface area contributed by atoms with Crippen molar-refractivity contribution in [1.82, 2.24) is 20.2 Å². The summed E-state index contributed by atoms with van der Waals surface area (Å²) in [5, 5.41) is 15.0. The summed E-state index contributed by atoms with van der Waals surface area (Å²) in [6, 6.07) is 22.8. The quantitative estimate of drug-likeness (QED) is 0.0988. The SMILES string of the molecule is [C-]#[N+]C(C)(C)c1cccc(-c2nnc(-c3cccc(Nc4ccc5c(c4)NC(=O)/C5=C\c4cc(C(=O)OC)c[nH]4)c3)[nH]2)c1. The van der Waals surface area contributed by atoms with E-state index in [1.165, 1.54) is 7.11 Å². The molecule has 1 aliphatic heterocycles. The van der Waals surface area contributed by atoms with Crippen LogP contribution in [0.2, 0.25) is 0 Å². The van der Waals surface area contributed by atoms with E-state index in [0.29, 0.717) is 34.2 Å². The van der Waals surface area contributed by atoms with Gasteiger partial charge in [0.1, 0.15) is 0 Å². The monoisotopic (exact) mass is 569 g/mol. The van der Waals surface area contributed by atoms with Gasteiger partial charge in [-0.25, -0.2) is 11.4 Å². The average molecular weight is 570 g/mol. The Morgan fingerprint density at radius 2 is 1.70 bits per heavy atom. The number of hydrogen-bond acceptors (Lipinski definition) is 6. The van der Waals surface area contributed by atoms with E-state index in [2.05, 4.69) is 35.6 Å². The average Bonchev–Trinajstić information content (AvgIpc) is 3.77. The predicted octanol–water partition coefficient (Wildman–Crippen LogP) is 6.64. The van der Waals surface area contributed by atoms with Crippen LogP contribution in [0, 0.1) is 6.57 Å². The summed E-state index contributed by atoms with van der Waals surface area (Å²) in [4.78, 5) is 34.5. The minimum absolute atomic E-state index is 0.229. The van der Waals surface area contributed by atoms with Crippen LogP contribution in [-0.2, 0) is 15.1 Å². The number of rotatable bonds is 7. The van der Waals surface area contributed by atoms with E-state index in [9.17, 15) is 9.59 Å². The molecule has 3 heterocycles. The molecule has 0 unspecified atom stereocenters. The molecule has 1 aliphatic rings. The van der Waals surface area contributed by atoms with Gasteiger partial charge in [0, 0.05) is 59.4 Å². The van der Waals surface area contributed by atoms with Crippen LogP contribution < -0.4 is 10.6 Å². The van der Waals surface area contributed by atoms with Gasteiger partial charge in [0.25, 0.3) is 11.4 Å². The first-order valence-corrected chi connectivity index (χ1v) is 13.5. The first kappa shape index (κ1) is 27.2. The van der Waals surface area contributed by atoms with Crippen molar-refractivity contribution < 1.29 is 14.3 Å². The van der Waals surface area contributed by atoms with Crippen molar-refractivity contribution in [2.24, 2.45) is 0 Å². The summed E-state index contributed by atoms with van der Waals surface area (Å²) in [5.41, 5.74) is 6.54. The number of H-pyrrole nitrogens is 2. The topological polar surface area (TPSA) is 129 Å². The number of hydrogen-bond donors (Lipinski definition) is 4. The highest BCUT2D eigenvalue weighted by atomic mass is 16.5. The highest BCUT2D eigenvalue weighted by molar-refractivity contribution is 6.35. The van der Waals surface area contributed by atoms with Crippen LogP contribution in [0.3, 0.4) is 0 Å². The number of ether oxygens (including phenoxy) is 1. The number of nitrogens with zero attached hydrogens (tertiary/aromatic N) is 3. The number of benzene rings is 3. The summed E-state index contributed by atoms with van der Waals surface area (Å²) in [5.74, 6) is 0.555. The number of anilines is 3. The molecule has 212 valence electrons. The summed E-state index contributed by atoms with van der Waals surface area (Å²) >= 11 is 0. The largest absolute Gasteiger partial charge is 0.465 e. The second-order valence-corrected chi connectivity index (χ2v) is 10.6. The van der Waals surface area contributed by atoms with Gasteiger partial charge in [0.05, 0.1) is 23.9 Å². The zero-order chi connectivity index (χ0) is 30.1. The Morgan fingerprint density at radius 3 is 2.44 bits per heavy atom. The molecular formula is C33H27N7O3. The van der Waals surface area contributed by atoms with Gasteiger partial charge in [0.15, 0.2) is 11.6 Å². The van der Waals surface area contributed by atoms with Crippen LogP contribution >= 0.6 is 0 Å². The van der Waals surface area contributed by atoms with Crippen molar-refractivity contribution in [3.63, 3.8) is 0 Å². The summed E-state index contributed by atoms with van der Waals surface area (Å²) in [6.07, 6.45) is 3.25. The number of methoxy groups -OCH3 is 1. The molecule has 10 nitrogen and oxygen atoms in total. The summed E-state index contributed by atoms with van der Waals surface area (Å²) in [7, 11) is 1.32.